The molecule has 0 bridgehead atoms. The lowest BCUT2D eigenvalue weighted by atomic mass is 9.77. The Morgan fingerprint density at radius 1 is 1.05 bits per heavy atom. The van der Waals surface area contributed by atoms with Crippen molar-refractivity contribution in [3.05, 3.63) is 29.8 Å². The second kappa shape index (κ2) is 5.14. The van der Waals surface area contributed by atoms with Gasteiger partial charge in [0.1, 0.15) is 0 Å². The number of hydrogen-bond donors (Lipinski definition) is 0. The highest BCUT2D eigenvalue weighted by Gasteiger charge is 2.51. The molecular formula is C18H27BO2. The molecule has 1 aliphatic heterocycles. The van der Waals surface area contributed by atoms with Crippen LogP contribution in [-0.2, 0) is 9.31 Å². The molecule has 0 spiro atoms. The van der Waals surface area contributed by atoms with Gasteiger partial charge in [0, 0.05) is 0 Å². The summed E-state index contributed by atoms with van der Waals surface area (Å²) in [4.78, 5) is 0. The van der Waals surface area contributed by atoms with E-state index >= 15 is 0 Å². The second-order valence-corrected chi connectivity index (χ2v) is 7.87. The summed E-state index contributed by atoms with van der Waals surface area (Å²) in [7, 11) is -0.242. The maximum Gasteiger partial charge on any atom is 0.494 e. The molecule has 0 amide bonds. The molecule has 2 atom stereocenters. The van der Waals surface area contributed by atoms with Crippen LogP contribution in [0.4, 0.5) is 0 Å². The van der Waals surface area contributed by atoms with Gasteiger partial charge in [0.15, 0.2) is 0 Å². The fourth-order valence-corrected chi connectivity index (χ4v) is 3.45. The minimum atomic E-state index is -0.268. The molecule has 1 saturated heterocycles. The van der Waals surface area contributed by atoms with Crippen molar-refractivity contribution in [1.82, 2.24) is 0 Å². The molecule has 1 saturated carbocycles. The summed E-state index contributed by atoms with van der Waals surface area (Å²) in [5.74, 6) is 1.57. The standard InChI is InChI=1S/C18H27BO2/c1-13-9-10-15(11-13)14-7-6-8-16(12-14)19-20-17(2,3)18(4,5)21-19/h6-8,12-13,15H,9-11H2,1-5H3/t13?,15-/m0/s1. The Balaban J connectivity index is 1.81. The highest BCUT2D eigenvalue weighted by Crippen LogP contribution is 2.39. The Bertz CT molecular complexity index is 508. The average molecular weight is 286 g/mol. The predicted octanol–water partition coefficient (Wildman–Crippen LogP) is 3.89. The van der Waals surface area contributed by atoms with Gasteiger partial charge in [-0.05, 0) is 63.4 Å². The predicted molar refractivity (Wildman–Crippen MR) is 87.9 cm³/mol. The first kappa shape index (κ1) is 15.1. The molecule has 1 unspecified atom stereocenters. The molecule has 2 nitrogen and oxygen atoms in total. The van der Waals surface area contributed by atoms with Gasteiger partial charge in [0.2, 0.25) is 0 Å². The van der Waals surface area contributed by atoms with E-state index in [0.717, 1.165) is 11.4 Å². The van der Waals surface area contributed by atoms with Crippen LogP contribution in [0.15, 0.2) is 24.3 Å². The molecule has 2 aliphatic rings. The van der Waals surface area contributed by atoms with Gasteiger partial charge in [0.25, 0.3) is 0 Å². The fourth-order valence-electron chi connectivity index (χ4n) is 3.45. The van der Waals surface area contributed by atoms with Crippen LogP contribution in [-0.4, -0.2) is 18.3 Å². The summed E-state index contributed by atoms with van der Waals surface area (Å²) in [6.45, 7) is 10.8. The third-order valence-electron chi connectivity index (χ3n) is 5.60. The van der Waals surface area contributed by atoms with Crippen molar-refractivity contribution in [1.29, 1.82) is 0 Å². The second-order valence-electron chi connectivity index (χ2n) is 7.87. The van der Waals surface area contributed by atoms with Gasteiger partial charge in [-0.25, -0.2) is 0 Å². The molecular weight excluding hydrogens is 259 g/mol. The van der Waals surface area contributed by atoms with E-state index in [9.17, 15) is 0 Å². The maximum atomic E-state index is 6.17. The smallest absolute Gasteiger partial charge is 0.399 e. The first-order valence-electron chi connectivity index (χ1n) is 8.24. The lowest BCUT2D eigenvalue weighted by Gasteiger charge is -2.32. The maximum absolute atomic E-state index is 6.17. The summed E-state index contributed by atoms with van der Waals surface area (Å²) in [5, 5.41) is 0. The molecule has 2 fully saturated rings. The van der Waals surface area contributed by atoms with Gasteiger partial charge >= 0.3 is 7.12 Å². The molecule has 114 valence electrons. The molecule has 3 rings (SSSR count). The van der Waals surface area contributed by atoms with Crippen LogP contribution in [0.3, 0.4) is 0 Å². The van der Waals surface area contributed by atoms with Crippen LogP contribution in [0, 0.1) is 5.92 Å². The van der Waals surface area contributed by atoms with Crippen LogP contribution >= 0.6 is 0 Å². The summed E-state index contributed by atoms with van der Waals surface area (Å²) in [6, 6.07) is 8.84. The van der Waals surface area contributed by atoms with Crippen LogP contribution in [0.1, 0.15) is 65.4 Å². The third-order valence-corrected chi connectivity index (χ3v) is 5.60. The topological polar surface area (TPSA) is 18.5 Å². The minimum Gasteiger partial charge on any atom is -0.399 e. The number of rotatable bonds is 2. The third kappa shape index (κ3) is 2.78. The van der Waals surface area contributed by atoms with Crippen molar-refractivity contribution in [2.75, 3.05) is 0 Å². The van der Waals surface area contributed by atoms with E-state index in [1.807, 2.05) is 0 Å². The molecule has 1 aromatic carbocycles. The monoisotopic (exact) mass is 286 g/mol. The van der Waals surface area contributed by atoms with Crippen molar-refractivity contribution >= 4 is 12.6 Å². The first-order valence-corrected chi connectivity index (χ1v) is 8.24. The quantitative estimate of drug-likeness (QED) is 0.768. The van der Waals surface area contributed by atoms with E-state index in [-0.39, 0.29) is 18.3 Å². The summed E-state index contributed by atoms with van der Waals surface area (Å²) in [6.07, 6.45) is 3.98. The molecule has 0 radical (unpaired) electrons. The molecule has 0 N–H and O–H groups in total. The zero-order valence-electron chi connectivity index (χ0n) is 14.0. The molecule has 1 heterocycles. The largest absolute Gasteiger partial charge is 0.494 e. The van der Waals surface area contributed by atoms with E-state index in [1.165, 1.54) is 24.8 Å². The van der Waals surface area contributed by atoms with E-state index in [2.05, 4.69) is 58.9 Å². The van der Waals surface area contributed by atoms with Crippen molar-refractivity contribution in [3.63, 3.8) is 0 Å². The van der Waals surface area contributed by atoms with Crippen LogP contribution in [0.2, 0.25) is 0 Å². The number of hydrogen-bond acceptors (Lipinski definition) is 2. The Hall–Kier alpha value is -0.795. The van der Waals surface area contributed by atoms with Crippen molar-refractivity contribution in [3.8, 4) is 0 Å². The van der Waals surface area contributed by atoms with E-state index in [0.29, 0.717) is 5.92 Å². The molecule has 1 aromatic rings. The Labute approximate surface area is 129 Å². The average Bonchev–Trinajstić information content (AvgIpc) is 2.92. The van der Waals surface area contributed by atoms with Crippen LogP contribution in [0.25, 0.3) is 0 Å². The van der Waals surface area contributed by atoms with Gasteiger partial charge in [-0.3, -0.25) is 0 Å². The van der Waals surface area contributed by atoms with E-state index in [1.54, 1.807) is 0 Å². The van der Waals surface area contributed by atoms with Gasteiger partial charge in [-0.2, -0.15) is 0 Å². The molecule has 0 aromatic heterocycles. The molecule has 1 aliphatic carbocycles. The highest BCUT2D eigenvalue weighted by molar-refractivity contribution is 6.62. The minimum absolute atomic E-state index is 0.242. The van der Waals surface area contributed by atoms with Gasteiger partial charge in [-0.15, -0.1) is 0 Å². The normalized spacial score (nSPS) is 30.8. The molecule has 3 heteroatoms. The van der Waals surface area contributed by atoms with Gasteiger partial charge in [-0.1, -0.05) is 37.6 Å². The number of benzene rings is 1. The summed E-state index contributed by atoms with van der Waals surface area (Å²) in [5.41, 5.74) is 2.07. The van der Waals surface area contributed by atoms with Crippen molar-refractivity contribution in [2.45, 2.75) is 71.0 Å². The zero-order chi connectivity index (χ0) is 15.3. The lowest BCUT2D eigenvalue weighted by Crippen LogP contribution is -2.41. The van der Waals surface area contributed by atoms with Gasteiger partial charge in [0.05, 0.1) is 11.2 Å². The highest BCUT2D eigenvalue weighted by atomic mass is 16.7. The van der Waals surface area contributed by atoms with Crippen LogP contribution < -0.4 is 5.46 Å². The zero-order valence-corrected chi connectivity index (χ0v) is 14.0. The summed E-state index contributed by atoms with van der Waals surface area (Å²) >= 11 is 0. The Morgan fingerprint density at radius 3 is 2.29 bits per heavy atom. The summed E-state index contributed by atoms with van der Waals surface area (Å²) < 4.78 is 12.3. The Kier molecular flexibility index (Phi) is 3.70. The fraction of sp³-hybridized carbons (Fsp3) is 0.667. The Morgan fingerprint density at radius 2 is 1.71 bits per heavy atom. The SMILES string of the molecule is CC1CC[C@H](c2cccc(B3OC(C)(C)C(C)(C)O3)c2)C1. The van der Waals surface area contributed by atoms with Crippen molar-refractivity contribution < 1.29 is 9.31 Å². The first-order chi connectivity index (χ1) is 9.78. The van der Waals surface area contributed by atoms with E-state index < -0.39 is 0 Å². The van der Waals surface area contributed by atoms with Gasteiger partial charge < -0.3 is 9.31 Å². The van der Waals surface area contributed by atoms with E-state index in [4.69, 9.17) is 9.31 Å². The molecule has 21 heavy (non-hydrogen) atoms. The van der Waals surface area contributed by atoms with Crippen LogP contribution in [0.5, 0.6) is 0 Å². The lowest BCUT2D eigenvalue weighted by molar-refractivity contribution is 0.00578. The van der Waals surface area contributed by atoms with Crippen molar-refractivity contribution in [2.24, 2.45) is 5.92 Å².